The van der Waals surface area contributed by atoms with Crippen molar-refractivity contribution in [1.82, 2.24) is 5.48 Å². The van der Waals surface area contributed by atoms with E-state index in [1.165, 1.54) is 12.0 Å². The van der Waals surface area contributed by atoms with E-state index in [0.717, 1.165) is 4.88 Å². The number of nitrogens with one attached hydrogen (secondary N) is 1. The molecule has 0 bridgehead atoms. The smallest absolute Gasteiger partial charge is 0.248 e. The lowest BCUT2D eigenvalue weighted by Gasteiger charge is -1.98. The third-order valence-corrected chi connectivity index (χ3v) is 2.35. The van der Waals surface area contributed by atoms with Gasteiger partial charge in [0.05, 0.1) is 13.5 Å². The molecule has 66 valence electrons. The molecule has 3 nitrogen and oxygen atoms in total. The summed E-state index contributed by atoms with van der Waals surface area (Å²) in [5.74, 6) is -0.112. The van der Waals surface area contributed by atoms with Gasteiger partial charge in [-0.15, -0.1) is 11.3 Å². The fourth-order valence-corrected chi connectivity index (χ4v) is 1.78. The van der Waals surface area contributed by atoms with E-state index in [-0.39, 0.29) is 5.91 Å². The van der Waals surface area contributed by atoms with Crippen LogP contribution in [0, 0.1) is 6.92 Å². The predicted molar refractivity (Wildman–Crippen MR) is 47.9 cm³/mol. The Morgan fingerprint density at radius 1 is 1.67 bits per heavy atom. The van der Waals surface area contributed by atoms with Crippen LogP contribution in [0.1, 0.15) is 9.75 Å². The van der Waals surface area contributed by atoms with Crippen molar-refractivity contribution in [3.8, 4) is 0 Å². The van der Waals surface area contributed by atoms with E-state index in [2.05, 4.69) is 10.3 Å². The first kappa shape index (κ1) is 9.22. The normalized spacial score (nSPS) is 9.83. The third-order valence-electron chi connectivity index (χ3n) is 1.35. The molecule has 0 fully saturated rings. The monoisotopic (exact) mass is 185 g/mol. The number of hydrogen-bond acceptors (Lipinski definition) is 3. The van der Waals surface area contributed by atoms with Crippen LogP contribution in [0.3, 0.4) is 0 Å². The van der Waals surface area contributed by atoms with E-state index >= 15 is 0 Å². The van der Waals surface area contributed by atoms with Crippen LogP contribution in [-0.4, -0.2) is 13.0 Å². The zero-order valence-corrected chi connectivity index (χ0v) is 7.90. The molecule has 1 aromatic rings. The SMILES string of the molecule is CONC(=O)Cc1ccc(C)s1. The highest BCUT2D eigenvalue weighted by Crippen LogP contribution is 2.15. The molecule has 1 rings (SSSR count). The topological polar surface area (TPSA) is 38.3 Å². The lowest BCUT2D eigenvalue weighted by atomic mass is 10.3. The minimum absolute atomic E-state index is 0.112. The van der Waals surface area contributed by atoms with Gasteiger partial charge in [-0.1, -0.05) is 0 Å². The Morgan fingerprint density at radius 2 is 2.42 bits per heavy atom. The average molecular weight is 185 g/mol. The molecule has 1 heterocycles. The maximum Gasteiger partial charge on any atom is 0.248 e. The molecule has 0 aromatic carbocycles. The minimum Gasteiger partial charge on any atom is -0.277 e. The van der Waals surface area contributed by atoms with Crippen LogP contribution >= 0.6 is 11.3 Å². The molecule has 12 heavy (non-hydrogen) atoms. The van der Waals surface area contributed by atoms with Gasteiger partial charge >= 0.3 is 0 Å². The number of carbonyl (C=O) groups excluding carboxylic acids is 1. The van der Waals surface area contributed by atoms with Crippen molar-refractivity contribution >= 4 is 17.2 Å². The summed E-state index contributed by atoms with van der Waals surface area (Å²) in [6.45, 7) is 2.02. The van der Waals surface area contributed by atoms with E-state index in [1.54, 1.807) is 11.3 Å². The Balaban J connectivity index is 2.46. The molecule has 1 amide bonds. The van der Waals surface area contributed by atoms with Gasteiger partial charge in [0.25, 0.3) is 0 Å². The number of thiophene rings is 1. The lowest BCUT2D eigenvalue weighted by molar-refractivity contribution is -0.130. The first-order chi connectivity index (χ1) is 5.72. The van der Waals surface area contributed by atoms with Crippen LogP contribution < -0.4 is 5.48 Å². The first-order valence-corrected chi connectivity index (χ1v) is 4.41. The summed E-state index contributed by atoms with van der Waals surface area (Å²) in [5, 5.41) is 0. The molecule has 0 saturated heterocycles. The number of hydrogen-bond donors (Lipinski definition) is 1. The molecular formula is C8H11NO2S. The Morgan fingerprint density at radius 3 is 2.92 bits per heavy atom. The summed E-state index contributed by atoms with van der Waals surface area (Å²) >= 11 is 1.63. The average Bonchev–Trinajstić information content (AvgIpc) is 2.36. The van der Waals surface area contributed by atoms with Gasteiger partial charge in [-0.3, -0.25) is 9.63 Å². The van der Waals surface area contributed by atoms with Crippen LogP contribution in [-0.2, 0) is 16.1 Å². The molecule has 4 heteroatoms. The van der Waals surface area contributed by atoms with Gasteiger partial charge in [-0.2, -0.15) is 0 Å². The Hall–Kier alpha value is -0.870. The highest BCUT2D eigenvalue weighted by atomic mass is 32.1. The molecule has 1 N–H and O–H groups in total. The van der Waals surface area contributed by atoms with Gasteiger partial charge in [-0.05, 0) is 19.1 Å². The number of amides is 1. The minimum atomic E-state index is -0.112. The second-order valence-corrected chi connectivity index (χ2v) is 3.79. The van der Waals surface area contributed by atoms with Crippen molar-refractivity contribution in [3.05, 3.63) is 21.9 Å². The van der Waals surface area contributed by atoms with E-state index in [0.29, 0.717) is 6.42 Å². The van der Waals surface area contributed by atoms with Crippen molar-refractivity contribution in [2.24, 2.45) is 0 Å². The van der Waals surface area contributed by atoms with Gasteiger partial charge in [0.1, 0.15) is 0 Å². The van der Waals surface area contributed by atoms with Crippen molar-refractivity contribution in [2.45, 2.75) is 13.3 Å². The second kappa shape index (κ2) is 4.23. The van der Waals surface area contributed by atoms with Crippen LogP contribution in [0.4, 0.5) is 0 Å². The molecule has 0 atom stereocenters. The van der Waals surface area contributed by atoms with E-state index in [9.17, 15) is 4.79 Å². The van der Waals surface area contributed by atoms with Gasteiger partial charge in [-0.25, -0.2) is 5.48 Å². The summed E-state index contributed by atoms with van der Waals surface area (Å²) in [6.07, 6.45) is 0.395. The summed E-state index contributed by atoms with van der Waals surface area (Å²) < 4.78 is 0. The van der Waals surface area contributed by atoms with E-state index in [1.807, 2.05) is 19.1 Å². The summed E-state index contributed by atoms with van der Waals surface area (Å²) in [7, 11) is 1.43. The summed E-state index contributed by atoms with van der Waals surface area (Å²) in [4.78, 5) is 17.8. The molecule has 1 aromatic heterocycles. The molecule has 0 spiro atoms. The Kier molecular flexibility index (Phi) is 3.25. The van der Waals surface area contributed by atoms with Gasteiger partial charge < -0.3 is 0 Å². The highest BCUT2D eigenvalue weighted by molar-refractivity contribution is 7.12. The van der Waals surface area contributed by atoms with Crippen molar-refractivity contribution in [3.63, 3.8) is 0 Å². The van der Waals surface area contributed by atoms with Crippen molar-refractivity contribution < 1.29 is 9.63 Å². The number of carbonyl (C=O) groups is 1. The van der Waals surface area contributed by atoms with Gasteiger partial charge in [0.2, 0.25) is 5.91 Å². The zero-order valence-electron chi connectivity index (χ0n) is 7.09. The number of aryl methyl sites for hydroxylation is 1. The third kappa shape index (κ3) is 2.64. The fraction of sp³-hybridized carbons (Fsp3) is 0.375. The van der Waals surface area contributed by atoms with Gasteiger partial charge in [0, 0.05) is 9.75 Å². The molecule has 0 aliphatic rings. The van der Waals surface area contributed by atoms with Crippen molar-refractivity contribution in [2.75, 3.05) is 7.11 Å². The summed E-state index contributed by atoms with van der Waals surface area (Å²) in [6, 6.07) is 3.95. The summed E-state index contributed by atoms with van der Waals surface area (Å²) in [5.41, 5.74) is 2.27. The molecule has 0 aliphatic carbocycles. The van der Waals surface area contributed by atoms with E-state index < -0.39 is 0 Å². The van der Waals surface area contributed by atoms with Crippen molar-refractivity contribution in [1.29, 1.82) is 0 Å². The molecule has 0 unspecified atom stereocenters. The maximum atomic E-state index is 11.0. The van der Waals surface area contributed by atoms with Crippen LogP contribution in [0.2, 0.25) is 0 Å². The Labute approximate surface area is 75.3 Å². The molecule has 0 saturated carbocycles. The maximum absolute atomic E-state index is 11.0. The Bertz CT molecular complexity index is 270. The highest BCUT2D eigenvalue weighted by Gasteiger charge is 2.03. The van der Waals surface area contributed by atoms with Crippen LogP contribution in [0.15, 0.2) is 12.1 Å². The molecule has 0 radical (unpaired) electrons. The second-order valence-electron chi connectivity index (χ2n) is 2.42. The standard InChI is InChI=1S/C8H11NO2S/c1-6-3-4-7(12-6)5-8(10)9-11-2/h3-4H,5H2,1-2H3,(H,9,10). The first-order valence-electron chi connectivity index (χ1n) is 3.59. The predicted octanol–water partition coefficient (Wildman–Crippen LogP) is 1.28. The quantitative estimate of drug-likeness (QED) is 0.720. The number of rotatable bonds is 3. The number of hydroxylamine groups is 1. The van der Waals surface area contributed by atoms with E-state index in [4.69, 9.17) is 0 Å². The lowest BCUT2D eigenvalue weighted by Crippen LogP contribution is -2.23. The molecular weight excluding hydrogens is 174 g/mol. The zero-order chi connectivity index (χ0) is 8.97. The van der Waals surface area contributed by atoms with Crippen LogP contribution in [0.25, 0.3) is 0 Å². The van der Waals surface area contributed by atoms with Gasteiger partial charge in [0.15, 0.2) is 0 Å². The largest absolute Gasteiger partial charge is 0.277 e. The fourth-order valence-electron chi connectivity index (χ4n) is 0.888. The molecule has 0 aliphatic heterocycles. The van der Waals surface area contributed by atoms with Crippen LogP contribution in [0.5, 0.6) is 0 Å².